The lowest BCUT2D eigenvalue weighted by molar-refractivity contribution is 0.618. The van der Waals surface area contributed by atoms with E-state index in [0.717, 1.165) is 11.0 Å². The van der Waals surface area contributed by atoms with Gasteiger partial charge in [-0.3, -0.25) is 0 Å². The van der Waals surface area contributed by atoms with Gasteiger partial charge in [-0.15, -0.1) is 0 Å². The third kappa shape index (κ3) is 2.26. The fraction of sp³-hybridized carbons (Fsp3) is 0.250. The second kappa shape index (κ2) is 4.68. The van der Waals surface area contributed by atoms with Crippen LogP contribution < -0.4 is 5.32 Å². The highest BCUT2D eigenvalue weighted by Crippen LogP contribution is 2.22. The summed E-state index contributed by atoms with van der Waals surface area (Å²) in [7, 11) is 0. The number of nitrogens with zero attached hydrogens (tertiary/aromatic N) is 1. The van der Waals surface area contributed by atoms with Gasteiger partial charge in [0.1, 0.15) is 5.65 Å². The maximum atomic E-state index is 5.72. The predicted octanol–water partition coefficient (Wildman–Crippen LogP) is 2.97. The molecule has 16 heavy (non-hydrogen) atoms. The molecule has 0 aliphatic heterocycles. The van der Waals surface area contributed by atoms with E-state index in [9.17, 15) is 0 Å². The van der Waals surface area contributed by atoms with Crippen LogP contribution >= 0.6 is 11.6 Å². The molecule has 0 aromatic carbocycles. The minimum Gasteiger partial charge on any atom is -0.346 e. The zero-order chi connectivity index (χ0) is 11.5. The van der Waals surface area contributed by atoms with Crippen molar-refractivity contribution in [2.45, 2.75) is 13.0 Å². The van der Waals surface area contributed by atoms with Gasteiger partial charge in [0.2, 0.25) is 0 Å². The minimum absolute atomic E-state index is 0.216. The number of pyridine rings is 1. The van der Waals surface area contributed by atoms with Crippen LogP contribution in [0.5, 0.6) is 0 Å². The van der Waals surface area contributed by atoms with E-state index in [0.29, 0.717) is 11.6 Å². The smallest absolute Gasteiger partial charge is 0.137 e. The summed E-state index contributed by atoms with van der Waals surface area (Å²) in [6.07, 6.45) is 3.76. The number of H-pyrrole nitrogens is 1. The van der Waals surface area contributed by atoms with Crippen LogP contribution in [0.4, 0.5) is 0 Å². The molecule has 0 saturated heterocycles. The highest BCUT2D eigenvalue weighted by atomic mass is 35.5. The van der Waals surface area contributed by atoms with Crippen LogP contribution in [0.2, 0.25) is 0 Å². The summed E-state index contributed by atoms with van der Waals surface area (Å²) in [5.74, 6) is 0. The number of aromatic nitrogens is 2. The van der Waals surface area contributed by atoms with E-state index in [-0.39, 0.29) is 6.04 Å². The molecule has 2 heterocycles. The summed E-state index contributed by atoms with van der Waals surface area (Å²) in [5, 5.41) is 5.05. The summed E-state index contributed by atoms with van der Waals surface area (Å²) in [4.78, 5) is 7.40. The second-order valence-corrected chi connectivity index (χ2v) is 4.30. The van der Waals surface area contributed by atoms with Crippen LogP contribution in [-0.4, -0.2) is 16.5 Å². The fourth-order valence-electron chi connectivity index (χ4n) is 1.71. The van der Waals surface area contributed by atoms with E-state index in [1.54, 1.807) is 6.20 Å². The molecule has 0 fully saturated rings. The van der Waals surface area contributed by atoms with Crippen molar-refractivity contribution in [3.8, 4) is 0 Å². The fourth-order valence-corrected chi connectivity index (χ4v) is 1.79. The Kier molecular flexibility index (Phi) is 3.27. The lowest BCUT2D eigenvalue weighted by atomic mass is 10.1. The molecule has 0 spiro atoms. The van der Waals surface area contributed by atoms with Crippen molar-refractivity contribution < 1.29 is 0 Å². The zero-order valence-corrected chi connectivity index (χ0v) is 9.88. The van der Waals surface area contributed by atoms with E-state index in [1.807, 2.05) is 12.3 Å². The van der Waals surface area contributed by atoms with Crippen LogP contribution in [0.1, 0.15) is 18.5 Å². The van der Waals surface area contributed by atoms with Crippen molar-refractivity contribution in [1.82, 2.24) is 15.3 Å². The van der Waals surface area contributed by atoms with Gasteiger partial charge in [0.05, 0.1) is 0 Å². The molecule has 0 amide bonds. The van der Waals surface area contributed by atoms with Crippen molar-refractivity contribution in [1.29, 1.82) is 0 Å². The molecule has 0 radical (unpaired) electrons. The Morgan fingerprint density at radius 2 is 2.50 bits per heavy atom. The lowest BCUT2D eigenvalue weighted by Crippen LogP contribution is -2.19. The van der Waals surface area contributed by atoms with Gasteiger partial charge in [0.25, 0.3) is 0 Å². The molecule has 0 aliphatic rings. The SMILES string of the molecule is C=C(Cl)CNC(C)c1c[nH]c2ncccc12. The first-order chi connectivity index (χ1) is 7.68. The molecular weight excluding hydrogens is 222 g/mol. The van der Waals surface area contributed by atoms with Crippen molar-refractivity contribution in [2.24, 2.45) is 0 Å². The van der Waals surface area contributed by atoms with Crippen LogP contribution in [0.15, 0.2) is 36.1 Å². The van der Waals surface area contributed by atoms with Gasteiger partial charge in [-0.1, -0.05) is 18.2 Å². The number of fused-ring (bicyclic) bond motifs is 1. The molecule has 2 aromatic rings. The lowest BCUT2D eigenvalue weighted by Gasteiger charge is -2.12. The molecule has 0 aliphatic carbocycles. The van der Waals surface area contributed by atoms with Gasteiger partial charge in [0.15, 0.2) is 0 Å². The maximum absolute atomic E-state index is 5.72. The minimum atomic E-state index is 0.216. The van der Waals surface area contributed by atoms with Crippen molar-refractivity contribution >= 4 is 22.6 Å². The third-order valence-corrected chi connectivity index (χ3v) is 2.68. The van der Waals surface area contributed by atoms with Crippen molar-refractivity contribution in [3.05, 3.63) is 41.7 Å². The standard InChI is InChI=1S/C12H14ClN3/c1-8(13)6-15-9(2)11-7-16-12-10(11)4-3-5-14-12/h3-5,7,9,15H,1,6H2,2H3,(H,14,16). The molecule has 84 valence electrons. The molecule has 4 heteroatoms. The van der Waals surface area contributed by atoms with Gasteiger partial charge in [-0.25, -0.2) is 4.98 Å². The van der Waals surface area contributed by atoms with E-state index >= 15 is 0 Å². The number of hydrogen-bond acceptors (Lipinski definition) is 2. The zero-order valence-electron chi connectivity index (χ0n) is 9.13. The second-order valence-electron chi connectivity index (χ2n) is 3.76. The van der Waals surface area contributed by atoms with Crippen LogP contribution in [0.25, 0.3) is 11.0 Å². The molecule has 0 saturated carbocycles. The molecular formula is C12H14ClN3. The number of rotatable bonds is 4. The van der Waals surface area contributed by atoms with Crippen LogP contribution in [0.3, 0.4) is 0 Å². The molecule has 0 bridgehead atoms. The average Bonchev–Trinajstić information content (AvgIpc) is 2.69. The number of hydrogen-bond donors (Lipinski definition) is 2. The summed E-state index contributed by atoms with van der Waals surface area (Å²) in [6.45, 7) is 6.35. The molecule has 2 rings (SSSR count). The summed E-state index contributed by atoms with van der Waals surface area (Å²) < 4.78 is 0. The number of halogens is 1. The van der Waals surface area contributed by atoms with Crippen LogP contribution in [-0.2, 0) is 0 Å². The summed E-state index contributed by atoms with van der Waals surface area (Å²) in [6, 6.07) is 4.21. The predicted molar refractivity (Wildman–Crippen MR) is 67.5 cm³/mol. The van der Waals surface area contributed by atoms with Crippen molar-refractivity contribution in [2.75, 3.05) is 6.54 Å². The molecule has 1 unspecified atom stereocenters. The first-order valence-corrected chi connectivity index (χ1v) is 5.55. The van der Waals surface area contributed by atoms with Gasteiger partial charge in [-0.2, -0.15) is 0 Å². The average molecular weight is 236 g/mol. The Morgan fingerprint density at radius 3 is 3.25 bits per heavy atom. The first-order valence-electron chi connectivity index (χ1n) is 5.17. The largest absolute Gasteiger partial charge is 0.346 e. The normalized spacial score (nSPS) is 12.9. The molecule has 1 atom stereocenters. The highest BCUT2D eigenvalue weighted by Gasteiger charge is 2.10. The Bertz CT molecular complexity index is 504. The summed E-state index contributed by atoms with van der Waals surface area (Å²) in [5.41, 5.74) is 2.11. The van der Waals surface area contributed by atoms with E-state index in [2.05, 4.69) is 34.9 Å². The Hall–Kier alpha value is -1.32. The molecule has 3 nitrogen and oxygen atoms in total. The van der Waals surface area contributed by atoms with Crippen LogP contribution in [0, 0.1) is 0 Å². The van der Waals surface area contributed by atoms with Gasteiger partial charge in [0, 0.05) is 35.4 Å². The van der Waals surface area contributed by atoms with Gasteiger partial charge in [-0.05, 0) is 24.6 Å². The van der Waals surface area contributed by atoms with E-state index in [1.165, 1.54) is 5.56 Å². The first kappa shape index (κ1) is 11.2. The Morgan fingerprint density at radius 1 is 1.69 bits per heavy atom. The Balaban J connectivity index is 2.22. The van der Waals surface area contributed by atoms with E-state index < -0.39 is 0 Å². The number of nitrogens with one attached hydrogen (secondary N) is 2. The number of aromatic amines is 1. The third-order valence-electron chi connectivity index (χ3n) is 2.55. The molecule has 2 aromatic heterocycles. The summed E-state index contributed by atoms with van der Waals surface area (Å²) >= 11 is 5.72. The van der Waals surface area contributed by atoms with Gasteiger partial charge < -0.3 is 10.3 Å². The monoisotopic (exact) mass is 235 g/mol. The highest BCUT2D eigenvalue weighted by molar-refractivity contribution is 6.29. The topological polar surface area (TPSA) is 40.7 Å². The quantitative estimate of drug-likeness (QED) is 0.856. The van der Waals surface area contributed by atoms with Crippen molar-refractivity contribution in [3.63, 3.8) is 0 Å². The Labute approximate surface area is 99.5 Å². The maximum Gasteiger partial charge on any atom is 0.137 e. The van der Waals surface area contributed by atoms with E-state index in [4.69, 9.17) is 11.6 Å². The molecule has 2 N–H and O–H groups in total. The van der Waals surface area contributed by atoms with Gasteiger partial charge >= 0.3 is 0 Å².